The van der Waals surface area contributed by atoms with E-state index in [2.05, 4.69) is 10.3 Å². The molecule has 0 radical (unpaired) electrons. The molecule has 3 rings (SSSR count). The van der Waals surface area contributed by atoms with Crippen molar-refractivity contribution in [2.24, 2.45) is 0 Å². The summed E-state index contributed by atoms with van der Waals surface area (Å²) in [6, 6.07) is 14.9. The van der Waals surface area contributed by atoms with Gasteiger partial charge in [0.05, 0.1) is 24.2 Å². The lowest BCUT2D eigenvalue weighted by Gasteiger charge is -2.08. The van der Waals surface area contributed by atoms with Crippen LogP contribution in [0.15, 0.2) is 48.5 Å². The number of anilines is 1. The van der Waals surface area contributed by atoms with Gasteiger partial charge in [0.1, 0.15) is 5.82 Å². The van der Waals surface area contributed by atoms with Crippen molar-refractivity contribution < 1.29 is 19.1 Å². The fraction of sp³-hybridized carbons (Fsp3) is 0.250. The van der Waals surface area contributed by atoms with Gasteiger partial charge in [0.15, 0.2) is 0 Å². The third-order valence-electron chi connectivity index (χ3n) is 3.90. The topological polar surface area (TPSA) is 82.5 Å². The third-order valence-corrected chi connectivity index (χ3v) is 3.90. The molecule has 1 aromatic heterocycles. The maximum Gasteiger partial charge on any atom is 0.419 e. The molecule has 3 aromatic rings. The zero-order valence-corrected chi connectivity index (χ0v) is 15.3. The van der Waals surface area contributed by atoms with Crippen molar-refractivity contribution in [3.63, 3.8) is 0 Å². The number of fused-ring (bicyclic) bond motifs is 1. The second-order valence-electron chi connectivity index (χ2n) is 5.77. The monoisotopic (exact) mass is 367 g/mol. The van der Waals surface area contributed by atoms with E-state index in [1.807, 2.05) is 30.3 Å². The number of imidazole rings is 1. The molecule has 2 aromatic carbocycles. The van der Waals surface area contributed by atoms with Gasteiger partial charge in [-0.3, -0.25) is 5.32 Å². The van der Waals surface area contributed by atoms with Crippen molar-refractivity contribution >= 4 is 28.9 Å². The zero-order valence-electron chi connectivity index (χ0n) is 15.3. The van der Waals surface area contributed by atoms with Crippen LogP contribution in [0.1, 0.15) is 25.2 Å². The number of carbonyl (C=O) groups excluding carboxylic acids is 2. The Bertz CT molecular complexity index is 951. The highest BCUT2D eigenvalue weighted by Gasteiger charge is 2.18. The van der Waals surface area contributed by atoms with Gasteiger partial charge in [-0.15, -0.1) is 0 Å². The molecule has 27 heavy (non-hydrogen) atoms. The number of ether oxygens (including phenoxy) is 2. The summed E-state index contributed by atoms with van der Waals surface area (Å²) in [5.41, 5.74) is 2.78. The van der Waals surface area contributed by atoms with Gasteiger partial charge in [0.25, 0.3) is 0 Å². The average molecular weight is 367 g/mol. The summed E-state index contributed by atoms with van der Waals surface area (Å²) in [6.45, 7) is 4.05. The highest BCUT2D eigenvalue weighted by Crippen LogP contribution is 2.23. The number of amides is 1. The quantitative estimate of drug-likeness (QED) is 0.731. The van der Waals surface area contributed by atoms with Gasteiger partial charge in [-0.05, 0) is 37.6 Å². The Morgan fingerprint density at radius 3 is 2.48 bits per heavy atom. The molecule has 0 atom stereocenters. The fourth-order valence-electron chi connectivity index (χ4n) is 2.78. The minimum atomic E-state index is -0.536. The first-order valence-corrected chi connectivity index (χ1v) is 8.78. The van der Waals surface area contributed by atoms with Crippen LogP contribution in [0.5, 0.6) is 0 Å². The summed E-state index contributed by atoms with van der Waals surface area (Å²) < 4.78 is 11.6. The Balaban J connectivity index is 2.00. The van der Waals surface area contributed by atoms with E-state index >= 15 is 0 Å². The number of benzene rings is 2. The van der Waals surface area contributed by atoms with Crippen LogP contribution in [-0.4, -0.2) is 35.0 Å². The molecule has 1 N–H and O–H groups in total. The Kier molecular flexibility index (Phi) is 5.71. The second kappa shape index (κ2) is 8.35. The molecule has 0 saturated carbocycles. The lowest BCUT2D eigenvalue weighted by molar-refractivity contribution is 0.154. The highest BCUT2D eigenvalue weighted by molar-refractivity contribution is 5.92. The third kappa shape index (κ3) is 4.25. The first kappa shape index (κ1) is 18.4. The molecule has 0 aliphatic rings. The Labute approximate surface area is 156 Å². The van der Waals surface area contributed by atoms with E-state index in [1.165, 1.54) is 4.57 Å². The number of nitrogens with one attached hydrogen (secondary N) is 1. The van der Waals surface area contributed by atoms with Crippen molar-refractivity contribution in [2.45, 2.75) is 20.3 Å². The second-order valence-corrected chi connectivity index (χ2v) is 5.77. The molecule has 0 aliphatic carbocycles. The van der Waals surface area contributed by atoms with Gasteiger partial charge in [-0.1, -0.05) is 30.3 Å². The standard InChI is InChI=1S/C20H21N3O4/c1-3-26-19(24)21-15-10-11-17-16(13-15)22-18(23(17)20(25)27-4-2)12-14-8-6-5-7-9-14/h5-11,13H,3-4,12H2,1-2H3,(H,21,24). The Morgan fingerprint density at radius 1 is 1.04 bits per heavy atom. The summed E-state index contributed by atoms with van der Waals surface area (Å²) in [6.07, 6.45) is -0.530. The fourth-order valence-corrected chi connectivity index (χ4v) is 2.78. The molecular formula is C20H21N3O4. The van der Waals surface area contributed by atoms with E-state index in [4.69, 9.17) is 9.47 Å². The molecule has 7 nitrogen and oxygen atoms in total. The van der Waals surface area contributed by atoms with Crippen LogP contribution in [0.2, 0.25) is 0 Å². The SMILES string of the molecule is CCOC(=O)Nc1ccc2c(c1)nc(Cc1ccccc1)n2C(=O)OCC. The summed E-state index contributed by atoms with van der Waals surface area (Å²) in [5, 5.41) is 2.64. The molecule has 0 aliphatic heterocycles. The number of hydrogen-bond acceptors (Lipinski definition) is 5. The molecule has 1 heterocycles. The van der Waals surface area contributed by atoms with Gasteiger partial charge in [0, 0.05) is 12.1 Å². The van der Waals surface area contributed by atoms with Crippen LogP contribution >= 0.6 is 0 Å². The lowest BCUT2D eigenvalue weighted by Crippen LogP contribution is -2.17. The molecule has 0 fully saturated rings. The number of hydrogen-bond donors (Lipinski definition) is 1. The Hall–Kier alpha value is -3.35. The van der Waals surface area contributed by atoms with Gasteiger partial charge in [-0.2, -0.15) is 0 Å². The molecule has 1 amide bonds. The summed E-state index contributed by atoms with van der Waals surface area (Å²) in [5.74, 6) is 0.572. The predicted octanol–water partition coefficient (Wildman–Crippen LogP) is 4.20. The summed E-state index contributed by atoms with van der Waals surface area (Å²) in [4.78, 5) is 28.7. The molecular weight excluding hydrogens is 346 g/mol. The van der Waals surface area contributed by atoms with E-state index < -0.39 is 12.2 Å². The van der Waals surface area contributed by atoms with Gasteiger partial charge in [0.2, 0.25) is 0 Å². The summed E-state index contributed by atoms with van der Waals surface area (Å²) >= 11 is 0. The average Bonchev–Trinajstić information content (AvgIpc) is 3.00. The van der Waals surface area contributed by atoms with Crippen molar-refractivity contribution in [3.05, 3.63) is 59.9 Å². The minimum Gasteiger partial charge on any atom is -0.450 e. The first-order valence-electron chi connectivity index (χ1n) is 8.78. The number of rotatable bonds is 5. The normalized spacial score (nSPS) is 10.6. The molecule has 0 bridgehead atoms. The zero-order chi connectivity index (χ0) is 19.2. The molecule has 0 spiro atoms. The van der Waals surface area contributed by atoms with Gasteiger partial charge in [-0.25, -0.2) is 19.1 Å². The number of carbonyl (C=O) groups is 2. The molecule has 7 heteroatoms. The van der Waals surface area contributed by atoms with Crippen molar-refractivity contribution in [1.29, 1.82) is 0 Å². The Morgan fingerprint density at radius 2 is 1.78 bits per heavy atom. The molecule has 0 saturated heterocycles. The molecule has 140 valence electrons. The maximum absolute atomic E-state index is 12.5. The van der Waals surface area contributed by atoms with Crippen molar-refractivity contribution in [2.75, 3.05) is 18.5 Å². The van der Waals surface area contributed by atoms with E-state index in [1.54, 1.807) is 32.0 Å². The van der Waals surface area contributed by atoms with E-state index in [-0.39, 0.29) is 13.2 Å². The van der Waals surface area contributed by atoms with E-state index in [0.29, 0.717) is 29.0 Å². The first-order chi connectivity index (χ1) is 13.1. The van der Waals surface area contributed by atoms with Gasteiger partial charge >= 0.3 is 12.2 Å². The lowest BCUT2D eigenvalue weighted by atomic mass is 10.1. The predicted molar refractivity (Wildman–Crippen MR) is 102 cm³/mol. The molecule has 0 unspecified atom stereocenters. The van der Waals surface area contributed by atoms with E-state index in [9.17, 15) is 9.59 Å². The highest BCUT2D eigenvalue weighted by atomic mass is 16.6. The van der Waals surface area contributed by atoms with Crippen LogP contribution in [0.4, 0.5) is 15.3 Å². The number of aromatic nitrogens is 2. The maximum atomic E-state index is 12.5. The van der Waals surface area contributed by atoms with Crippen molar-refractivity contribution in [3.8, 4) is 0 Å². The largest absolute Gasteiger partial charge is 0.450 e. The van der Waals surface area contributed by atoms with Crippen molar-refractivity contribution in [1.82, 2.24) is 9.55 Å². The smallest absolute Gasteiger partial charge is 0.419 e. The summed E-state index contributed by atoms with van der Waals surface area (Å²) in [7, 11) is 0. The van der Waals surface area contributed by atoms with Crippen LogP contribution in [0.25, 0.3) is 11.0 Å². The van der Waals surface area contributed by atoms with Crippen LogP contribution in [0.3, 0.4) is 0 Å². The van der Waals surface area contributed by atoms with E-state index in [0.717, 1.165) is 5.56 Å². The van der Waals surface area contributed by atoms with Crippen LogP contribution in [0, 0.1) is 0 Å². The minimum absolute atomic E-state index is 0.270. The van der Waals surface area contributed by atoms with Crippen LogP contribution < -0.4 is 5.32 Å². The van der Waals surface area contributed by atoms with Crippen LogP contribution in [-0.2, 0) is 15.9 Å². The number of nitrogens with zero attached hydrogens (tertiary/aromatic N) is 2. The van der Waals surface area contributed by atoms with Gasteiger partial charge < -0.3 is 9.47 Å².